The molecule has 1 rings (SSSR count). The molecule has 0 unspecified atom stereocenters. The van der Waals surface area contributed by atoms with E-state index in [0.29, 0.717) is 27.7 Å². The number of hydrogen-bond acceptors (Lipinski definition) is 5. The minimum atomic E-state index is 0.0469. The minimum Gasteiger partial charge on any atom is -0.391 e. The lowest BCUT2D eigenvalue weighted by atomic mass is 10.2. The molecule has 0 aliphatic carbocycles. The van der Waals surface area contributed by atoms with Gasteiger partial charge in [-0.25, -0.2) is 0 Å². The van der Waals surface area contributed by atoms with Crippen LogP contribution in [0.1, 0.15) is 12.0 Å². The number of oxime groups is 1. The molecule has 0 aliphatic heterocycles. The third kappa shape index (κ3) is 4.96. The summed E-state index contributed by atoms with van der Waals surface area (Å²) in [6, 6.07) is 8.89. The van der Waals surface area contributed by atoms with Gasteiger partial charge in [0.05, 0.1) is 0 Å². The van der Waals surface area contributed by atoms with Crippen LogP contribution < -0.4 is 0 Å². The molecule has 5 nitrogen and oxygen atoms in total. The Bertz CT molecular complexity index is 633. The smallest absolute Gasteiger partial charge is 0.149 e. The van der Waals surface area contributed by atoms with Crippen LogP contribution in [0.4, 0.5) is 0 Å². The van der Waals surface area contributed by atoms with Gasteiger partial charge >= 0.3 is 0 Å². The van der Waals surface area contributed by atoms with Crippen molar-refractivity contribution in [3.05, 3.63) is 45.1 Å². The first-order valence-electron chi connectivity index (χ1n) is 6.28. The van der Waals surface area contributed by atoms with Crippen LogP contribution in [-0.4, -0.2) is 25.2 Å². The molecule has 1 aromatic carbocycles. The molecule has 0 saturated carbocycles. The maximum Gasteiger partial charge on any atom is 0.149 e. The summed E-state index contributed by atoms with van der Waals surface area (Å²) in [6.45, 7) is 0.138. The van der Waals surface area contributed by atoms with Gasteiger partial charge in [0.15, 0.2) is 0 Å². The molecule has 0 amide bonds. The number of nitrogens with zero attached hydrogens (tertiary/aromatic N) is 4. The molecular weight excluding hydrogens is 323 g/mol. The number of allylic oxidation sites excluding steroid dienone is 2. The molecule has 0 radical (unpaired) electrons. The van der Waals surface area contributed by atoms with Gasteiger partial charge in [-0.2, -0.15) is 10.5 Å². The van der Waals surface area contributed by atoms with E-state index in [4.69, 9.17) is 38.6 Å². The van der Waals surface area contributed by atoms with Gasteiger partial charge in [0.2, 0.25) is 0 Å². The van der Waals surface area contributed by atoms with Gasteiger partial charge in [-0.1, -0.05) is 34.4 Å². The van der Waals surface area contributed by atoms with Crippen LogP contribution in [0.2, 0.25) is 10.0 Å². The van der Waals surface area contributed by atoms with E-state index in [1.54, 1.807) is 37.2 Å². The number of halogens is 2. The molecule has 1 aromatic rings. The molecule has 0 N–H and O–H groups in total. The largest absolute Gasteiger partial charge is 0.391 e. The summed E-state index contributed by atoms with van der Waals surface area (Å²) in [5.74, 6) is 0. The molecule has 0 atom stereocenters. The second-order valence-electron chi connectivity index (χ2n) is 4.41. The average molecular weight is 337 g/mol. The fourth-order valence-corrected chi connectivity index (χ4v) is 2.12. The lowest BCUT2D eigenvalue weighted by Gasteiger charge is -2.15. The predicted molar refractivity (Wildman–Crippen MR) is 86.3 cm³/mol. The topological polar surface area (TPSA) is 72.4 Å². The zero-order chi connectivity index (χ0) is 16.5. The van der Waals surface area contributed by atoms with E-state index in [1.165, 1.54) is 6.21 Å². The summed E-state index contributed by atoms with van der Waals surface area (Å²) < 4.78 is 0. The highest BCUT2D eigenvalue weighted by atomic mass is 35.5. The molecule has 0 heterocycles. The molecule has 0 aliphatic rings. The molecule has 114 valence electrons. The van der Waals surface area contributed by atoms with E-state index < -0.39 is 0 Å². The Balaban J connectivity index is 2.66. The summed E-state index contributed by atoms with van der Waals surface area (Å²) >= 11 is 12.0. The highest BCUT2D eigenvalue weighted by molar-refractivity contribution is 6.35. The molecule has 0 aromatic heterocycles. The van der Waals surface area contributed by atoms with Crippen LogP contribution in [-0.2, 0) is 11.4 Å². The van der Waals surface area contributed by atoms with Gasteiger partial charge in [-0.3, -0.25) is 0 Å². The van der Waals surface area contributed by atoms with Crippen LogP contribution in [0.3, 0.4) is 0 Å². The number of benzene rings is 1. The van der Waals surface area contributed by atoms with E-state index in [2.05, 4.69) is 5.16 Å². The molecule has 0 fully saturated rings. The van der Waals surface area contributed by atoms with Crippen LogP contribution in [0.5, 0.6) is 0 Å². The Kier molecular flexibility index (Phi) is 7.25. The maximum absolute atomic E-state index is 8.90. The zero-order valence-electron chi connectivity index (χ0n) is 12.2. The van der Waals surface area contributed by atoms with Gasteiger partial charge in [0.25, 0.3) is 0 Å². The lowest BCUT2D eigenvalue weighted by Crippen LogP contribution is -2.13. The van der Waals surface area contributed by atoms with E-state index in [1.807, 2.05) is 12.1 Å². The van der Waals surface area contributed by atoms with Gasteiger partial charge < -0.3 is 9.74 Å². The SMILES string of the molecule is CN(C)C(C/C=N\OCc1c(Cl)cccc1Cl)=C(C#N)C#N. The summed E-state index contributed by atoms with van der Waals surface area (Å²) in [6.07, 6.45) is 1.79. The first kappa shape index (κ1) is 17.8. The minimum absolute atomic E-state index is 0.0469. The summed E-state index contributed by atoms with van der Waals surface area (Å²) in [5.41, 5.74) is 1.26. The monoisotopic (exact) mass is 336 g/mol. The Labute approximate surface area is 139 Å². The zero-order valence-corrected chi connectivity index (χ0v) is 13.7. The van der Waals surface area contributed by atoms with E-state index in [0.717, 1.165) is 0 Å². The second-order valence-corrected chi connectivity index (χ2v) is 5.22. The van der Waals surface area contributed by atoms with Crippen molar-refractivity contribution >= 4 is 29.4 Å². The van der Waals surface area contributed by atoms with Crippen LogP contribution in [0, 0.1) is 22.7 Å². The van der Waals surface area contributed by atoms with E-state index >= 15 is 0 Å². The summed E-state index contributed by atoms with van der Waals surface area (Å²) in [4.78, 5) is 6.85. The van der Waals surface area contributed by atoms with Crippen LogP contribution in [0.15, 0.2) is 34.6 Å². The number of hydrogen-bond donors (Lipinski definition) is 0. The predicted octanol–water partition coefficient (Wildman–Crippen LogP) is 3.75. The third-order valence-electron chi connectivity index (χ3n) is 2.76. The Hall–Kier alpha value is -2.21. The van der Waals surface area contributed by atoms with Crippen molar-refractivity contribution in [1.29, 1.82) is 10.5 Å². The third-order valence-corrected chi connectivity index (χ3v) is 3.46. The van der Waals surface area contributed by atoms with Crippen molar-refractivity contribution < 1.29 is 4.84 Å². The van der Waals surface area contributed by atoms with Crippen molar-refractivity contribution in [2.75, 3.05) is 14.1 Å². The van der Waals surface area contributed by atoms with Crippen molar-refractivity contribution in [2.45, 2.75) is 13.0 Å². The first-order valence-corrected chi connectivity index (χ1v) is 7.04. The summed E-state index contributed by atoms with van der Waals surface area (Å²) in [7, 11) is 3.50. The summed E-state index contributed by atoms with van der Waals surface area (Å²) in [5, 5.41) is 22.6. The molecule has 22 heavy (non-hydrogen) atoms. The first-order chi connectivity index (χ1) is 10.5. The van der Waals surface area contributed by atoms with Crippen molar-refractivity contribution in [1.82, 2.24) is 4.90 Å². The highest BCUT2D eigenvalue weighted by Crippen LogP contribution is 2.24. The van der Waals surface area contributed by atoms with Crippen molar-refractivity contribution in [3.63, 3.8) is 0 Å². The standard InChI is InChI=1S/C15H14Cl2N4O/c1-21(2)15(11(8-18)9-19)6-7-20-22-10-12-13(16)4-3-5-14(12)17/h3-5,7H,6,10H2,1-2H3/b20-7-. The highest BCUT2D eigenvalue weighted by Gasteiger charge is 2.08. The Morgan fingerprint density at radius 1 is 1.27 bits per heavy atom. The van der Waals surface area contributed by atoms with Crippen molar-refractivity contribution in [3.8, 4) is 12.1 Å². The van der Waals surface area contributed by atoms with E-state index in [9.17, 15) is 0 Å². The van der Waals surface area contributed by atoms with Crippen LogP contribution >= 0.6 is 23.2 Å². The molecule has 0 spiro atoms. The number of rotatable bonds is 6. The molecule has 0 bridgehead atoms. The van der Waals surface area contributed by atoms with Gasteiger partial charge in [0.1, 0.15) is 24.3 Å². The number of nitriles is 2. The van der Waals surface area contributed by atoms with Gasteiger partial charge in [-0.05, 0) is 12.1 Å². The second kappa shape index (κ2) is 8.94. The normalized spacial score (nSPS) is 9.91. The van der Waals surface area contributed by atoms with Gasteiger partial charge in [0, 0.05) is 48.0 Å². The molecular formula is C15H14Cl2N4O. The fourth-order valence-electron chi connectivity index (χ4n) is 1.61. The molecule has 7 heteroatoms. The average Bonchev–Trinajstić information content (AvgIpc) is 2.48. The Morgan fingerprint density at radius 2 is 1.86 bits per heavy atom. The fraction of sp³-hybridized carbons (Fsp3) is 0.267. The van der Waals surface area contributed by atoms with E-state index in [-0.39, 0.29) is 12.2 Å². The van der Waals surface area contributed by atoms with Crippen LogP contribution in [0.25, 0.3) is 0 Å². The lowest BCUT2D eigenvalue weighted by molar-refractivity contribution is 0.131. The van der Waals surface area contributed by atoms with Gasteiger partial charge in [-0.15, -0.1) is 0 Å². The molecule has 0 saturated heterocycles. The quantitative estimate of drug-likeness (QED) is 0.450. The van der Waals surface area contributed by atoms with Crippen molar-refractivity contribution in [2.24, 2.45) is 5.16 Å². The maximum atomic E-state index is 8.90. The Morgan fingerprint density at radius 3 is 2.36 bits per heavy atom.